The Balaban J connectivity index is 1.58. The molecule has 0 amide bonds. The van der Waals surface area contributed by atoms with Gasteiger partial charge in [-0.3, -0.25) is 4.79 Å². The number of carbonyl (C=O) groups is 3. The van der Waals surface area contributed by atoms with Gasteiger partial charge in [0.25, 0.3) is 0 Å². The third kappa shape index (κ3) is 34.0. The van der Waals surface area contributed by atoms with E-state index in [-0.39, 0.29) is 48.9 Å². The summed E-state index contributed by atoms with van der Waals surface area (Å²) < 4.78 is 55.7. The maximum absolute atomic E-state index is 13.4. The van der Waals surface area contributed by atoms with E-state index in [1.807, 2.05) is 0 Å². The highest BCUT2D eigenvalue weighted by atomic mass is 16.6. The average Bonchev–Trinajstić information content (AvgIpc) is 3.38. The van der Waals surface area contributed by atoms with Crippen LogP contribution in [0.25, 0.3) is 0 Å². The first-order chi connectivity index (χ1) is 34.5. The van der Waals surface area contributed by atoms with E-state index in [0.717, 1.165) is 31.7 Å². The summed E-state index contributed by atoms with van der Waals surface area (Å²) >= 11 is 0. The van der Waals surface area contributed by atoms with Crippen molar-refractivity contribution in [2.24, 2.45) is 0 Å². The molecular weight excluding hydrogens is 895 g/mol. The summed E-state index contributed by atoms with van der Waals surface area (Å²) in [6.07, 6.45) is 26.1. The van der Waals surface area contributed by atoms with E-state index in [1.54, 1.807) is 31.3 Å². The summed E-state index contributed by atoms with van der Waals surface area (Å²) in [5.41, 5.74) is 1.37. The fourth-order valence-electron chi connectivity index (χ4n) is 7.44. The van der Waals surface area contributed by atoms with E-state index in [1.165, 1.54) is 134 Å². The number of unbranched alkanes of at least 4 members (excludes halogenated alkanes) is 18. The Morgan fingerprint density at radius 1 is 0.343 bits per heavy atom. The number of carbonyl (C=O) groups excluding carboxylic acids is 3. The van der Waals surface area contributed by atoms with Crippen molar-refractivity contribution in [2.75, 3.05) is 131 Å². The lowest BCUT2D eigenvalue weighted by Gasteiger charge is -2.12. The first kappa shape index (κ1) is 62.6. The predicted octanol–water partition coefficient (Wildman–Crippen LogP) is 11.2. The number of nitrogens with one attached hydrogen (secondary N) is 1. The maximum atomic E-state index is 13.4. The Morgan fingerprint density at radius 2 is 0.643 bits per heavy atom. The summed E-state index contributed by atoms with van der Waals surface area (Å²) in [5, 5.41) is 3.02. The van der Waals surface area contributed by atoms with Crippen molar-refractivity contribution in [3.8, 4) is 0 Å². The van der Waals surface area contributed by atoms with E-state index < -0.39 is 11.9 Å². The zero-order chi connectivity index (χ0) is 50.2. The van der Waals surface area contributed by atoms with Crippen molar-refractivity contribution in [1.82, 2.24) is 0 Å². The fraction of sp³-hybridized carbons (Fsp3) is 0.732. The summed E-state index contributed by atoms with van der Waals surface area (Å²) in [5.74, 6) is -1.85. The second-order valence-corrected chi connectivity index (χ2v) is 17.5. The quantitative estimate of drug-likeness (QED) is 0.0379. The molecular formula is C56H93NO13. The molecule has 0 radical (unpaired) electrons. The largest absolute Gasteiger partial charge is 0.460 e. The molecule has 2 aromatic carbocycles. The lowest BCUT2D eigenvalue weighted by molar-refractivity contribution is -0.00971. The van der Waals surface area contributed by atoms with Crippen LogP contribution in [-0.2, 0) is 47.4 Å². The average molecular weight is 988 g/mol. The molecule has 0 spiro atoms. The zero-order valence-electron chi connectivity index (χ0n) is 43.7. The fourth-order valence-corrected chi connectivity index (χ4v) is 7.44. The molecule has 0 aliphatic carbocycles. The molecule has 0 unspecified atom stereocenters. The van der Waals surface area contributed by atoms with Crippen LogP contribution in [0.1, 0.15) is 179 Å². The Morgan fingerprint density at radius 3 is 1.00 bits per heavy atom. The highest BCUT2D eigenvalue weighted by Crippen LogP contribution is 2.20. The number of rotatable bonds is 51. The van der Waals surface area contributed by atoms with Gasteiger partial charge in [0, 0.05) is 37.1 Å². The van der Waals surface area contributed by atoms with Gasteiger partial charge in [-0.25, -0.2) is 9.59 Å². The topological polar surface area (TPSA) is 156 Å². The van der Waals surface area contributed by atoms with Crippen LogP contribution in [0.5, 0.6) is 0 Å². The van der Waals surface area contributed by atoms with Crippen LogP contribution in [-0.4, -0.2) is 144 Å². The van der Waals surface area contributed by atoms with Crippen LogP contribution in [0.2, 0.25) is 0 Å². The van der Waals surface area contributed by atoms with Crippen molar-refractivity contribution in [3.05, 3.63) is 64.7 Å². The molecule has 0 atom stereocenters. The smallest absolute Gasteiger partial charge is 0.339 e. The van der Waals surface area contributed by atoms with E-state index >= 15 is 0 Å². The van der Waals surface area contributed by atoms with Gasteiger partial charge in [0.15, 0.2) is 5.78 Å². The second kappa shape index (κ2) is 46.6. The number of ketones is 1. The molecule has 0 aromatic heterocycles. The Labute approximate surface area is 422 Å². The summed E-state index contributed by atoms with van der Waals surface area (Å²) in [6.45, 7) is 11.5. The molecule has 0 heterocycles. The minimum atomic E-state index is -0.786. The molecule has 2 rings (SSSR count). The molecule has 0 aliphatic rings. The Bertz CT molecular complexity index is 1540. The number of anilines is 1. The monoisotopic (exact) mass is 988 g/mol. The van der Waals surface area contributed by atoms with E-state index in [0.29, 0.717) is 84.8 Å². The summed E-state index contributed by atoms with van der Waals surface area (Å²) in [7, 11) is 1.79. The van der Waals surface area contributed by atoms with Gasteiger partial charge in [-0.2, -0.15) is 0 Å². The van der Waals surface area contributed by atoms with Crippen molar-refractivity contribution in [3.63, 3.8) is 0 Å². The van der Waals surface area contributed by atoms with Crippen LogP contribution in [0.4, 0.5) is 5.69 Å². The molecule has 14 heteroatoms. The predicted molar refractivity (Wildman–Crippen MR) is 277 cm³/mol. The molecule has 400 valence electrons. The van der Waals surface area contributed by atoms with Crippen LogP contribution in [0, 0.1) is 0 Å². The van der Waals surface area contributed by atoms with Crippen LogP contribution in [0.3, 0.4) is 0 Å². The minimum Gasteiger partial charge on any atom is -0.460 e. The number of esters is 2. The van der Waals surface area contributed by atoms with E-state index in [9.17, 15) is 14.4 Å². The molecule has 0 bridgehead atoms. The van der Waals surface area contributed by atoms with Gasteiger partial charge in [-0.05, 0) is 49.2 Å². The number of ether oxygens (including phenoxy) is 10. The molecule has 1 N–H and O–H groups in total. The van der Waals surface area contributed by atoms with Gasteiger partial charge < -0.3 is 52.7 Å². The zero-order valence-corrected chi connectivity index (χ0v) is 43.7. The summed E-state index contributed by atoms with van der Waals surface area (Å²) in [4.78, 5) is 39.9. The molecule has 0 fully saturated rings. The third-order valence-electron chi connectivity index (χ3n) is 11.6. The van der Waals surface area contributed by atoms with Crippen molar-refractivity contribution in [2.45, 2.75) is 142 Å². The van der Waals surface area contributed by atoms with Gasteiger partial charge in [-0.15, -0.1) is 0 Å². The molecule has 70 heavy (non-hydrogen) atoms. The molecule has 0 saturated carbocycles. The molecule has 0 saturated heterocycles. The SMILES string of the molecule is CCCCCCCCCCCCOCCOCCOCCOCCOC(=O)c1ccc(C(=O)c2ccc(NC)cc2)cc1C(=O)OCCOCCOCCOCCOCCCCCCCCCCCC. The van der Waals surface area contributed by atoms with E-state index in [2.05, 4.69) is 19.2 Å². The number of benzene rings is 2. The minimum absolute atomic E-state index is 0.0307. The van der Waals surface area contributed by atoms with Crippen LogP contribution >= 0.6 is 0 Å². The number of hydrogen-bond acceptors (Lipinski definition) is 14. The lowest BCUT2D eigenvalue weighted by atomic mass is 9.98. The van der Waals surface area contributed by atoms with Crippen LogP contribution < -0.4 is 5.32 Å². The standard InChI is InChI=1S/C56H93NO13/c1-4-6-8-10-12-14-16-18-20-22-30-61-32-34-63-36-38-65-40-42-67-44-46-69-55(59)52-29-26-50(54(58)49-24-27-51(57-3)28-25-49)48-53(52)56(60)70-47-45-68-43-41-66-39-37-64-35-33-62-31-23-21-19-17-15-13-11-9-7-5-2/h24-29,48,57H,4-23,30-47H2,1-3H3. The number of hydrogen-bond donors (Lipinski definition) is 1. The van der Waals surface area contributed by atoms with Crippen molar-refractivity contribution in [1.29, 1.82) is 0 Å². The Kier molecular flexibility index (Phi) is 41.7. The maximum Gasteiger partial charge on any atom is 0.339 e. The van der Waals surface area contributed by atoms with Crippen LogP contribution in [0.15, 0.2) is 42.5 Å². The summed E-state index contributed by atoms with van der Waals surface area (Å²) in [6, 6.07) is 11.2. The Hall–Kier alpha value is -3.47. The van der Waals surface area contributed by atoms with Crippen molar-refractivity contribution >= 4 is 23.4 Å². The first-order valence-corrected chi connectivity index (χ1v) is 26.9. The second-order valence-electron chi connectivity index (χ2n) is 17.5. The third-order valence-corrected chi connectivity index (χ3v) is 11.6. The molecule has 14 nitrogen and oxygen atoms in total. The van der Waals surface area contributed by atoms with Gasteiger partial charge in [0.1, 0.15) is 13.2 Å². The van der Waals surface area contributed by atoms with Gasteiger partial charge >= 0.3 is 11.9 Å². The first-order valence-electron chi connectivity index (χ1n) is 26.9. The molecule has 2 aromatic rings. The normalized spacial score (nSPS) is 11.3. The van der Waals surface area contributed by atoms with Gasteiger partial charge in [0.05, 0.1) is 104 Å². The van der Waals surface area contributed by atoms with Gasteiger partial charge in [-0.1, -0.05) is 135 Å². The highest BCUT2D eigenvalue weighted by molar-refractivity contribution is 6.12. The van der Waals surface area contributed by atoms with E-state index in [4.69, 9.17) is 47.4 Å². The van der Waals surface area contributed by atoms with Crippen molar-refractivity contribution < 1.29 is 61.8 Å². The lowest BCUT2D eigenvalue weighted by Crippen LogP contribution is -2.19. The van der Waals surface area contributed by atoms with Gasteiger partial charge in [0.2, 0.25) is 0 Å². The highest BCUT2D eigenvalue weighted by Gasteiger charge is 2.23. The molecule has 0 aliphatic heterocycles.